The number of fused-ring (bicyclic) bond motifs is 5. The fraction of sp³-hybridized carbons (Fsp3) is 0.107. The normalized spacial score (nSPS) is 14.3. The first kappa shape index (κ1) is 19.4. The van der Waals surface area contributed by atoms with Crippen molar-refractivity contribution in [2.24, 2.45) is 0 Å². The Balaban J connectivity index is 1.45. The molecule has 5 heteroatoms. The van der Waals surface area contributed by atoms with Gasteiger partial charge < -0.3 is 14.8 Å². The van der Waals surface area contributed by atoms with E-state index in [-0.39, 0.29) is 6.17 Å². The summed E-state index contributed by atoms with van der Waals surface area (Å²) in [6.07, 6.45) is -0.132. The van der Waals surface area contributed by atoms with Gasteiger partial charge in [-0.05, 0) is 47.5 Å². The number of methoxy groups -OCH3 is 1. The molecule has 1 N–H and O–H groups in total. The van der Waals surface area contributed by atoms with E-state index in [1.54, 1.807) is 7.11 Å². The van der Waals surface area contributed by atoms with Gasteiger partial charge in [0.05, 0.1) is 18.1 Å². The van der Waals surface area contributed by atoms with E-state index >= 15 is 0 Å². The van der Waals surface area contributed by atoms with Crippen molar-refractivity contribution in [1.82, 2.24) is 9.55 Å². The van der Waals surface area contributed by atoms with Crippen molar-refractivity contribution in [3.63, 3.8) is 0 Å². The van der Waals surface area contributed by atoms with Crippen molar-refractivity contribution in [2.75, 3.05) is 12.4 Å². The predicted octanol–water partition coefficient (Wildman–Crippen LogP) is 6.26. The van der Waals surface area contributed by atoms with Crippen molar-refractivity contribution < 1.29 is 9.47 Å². The minimum absolute atomic E-state index is 0.132. The molecule has 1 atom stereocenters. The molecule has 0 saturated carbocycles. The Hall–Kier alpha value is -4.25. The summed E-state index contributed by atoms with van der Waals surface area (Å²) in [5, 5.41) is 3.71. The molecular formula is C28H23N3O2. The molecule has 4 aromatic carbocycles. The second-order valence-electron chi connectivity index (χ2n) is 8.07. The van der Waals surface area contributed by atoms with Crippen LogP contribution in [-0.2, 0) is 6.61 Å². The first-order valence-corrected chi connectivity index (χ1v) is 11.0. The van der Waals surface area contributed by atoms with Gasteiger partial charge in [0.25, 0.3) is 0 Å². The Kier molecular flexibility index (Phi) is 4.73. The summed E-state index contributed by atoms with van der Waals surface area (Å²) in [6.45, 7) is 0.473. The summed E-state index contributed by atoms with van der Waals surface area (Å²) in [5.74, 6) is 2.38. The number of nitrogens with zero attached hydrogens (tertiary/aromatic N) is 2. The van der Waals surface area contributed by atoms with Crippen molar-refractivity contribution in [1.29, 1.82) is 0 Å². The molecule has 0 aliphatic carbocycles. The van der Waals surface area contributed by atoms with E-state index in [4.69, 9.17) is 14.5 Å². The lowest BCUT2D eigenvalue weighted by Crippen LogP contribution is -2.24. The number of benzene rings is 4. The van der Waals surface area contributed by atoms with Gasteiger partial charge in [0.1, 0.15) is 18.6 Å². The van der Waals surface area contributed by atoms with Crippen LogP contribution in [0, 0.1) is 0 Å². The van der Waals surface area contributed by atoms with Crippen LogP contribution in [0.25, 0.3) is 22.4 Å². The fourth-order valence-corrected chi connectivity index (χ4v) is 4.46. The maximum Gasteiger partial charge on any atom is 0.162 e. The van der Waals surface area contributed by atoms with Crippen LogP contribution in [0.15, 0.2) is 97.1 Å². The van der Waals surface area contributed by atoms with E-state index in [0.29, 0.717) is 18.1 Å². The van der Waals surface area contributed by atoms with Gasteiger partial charge in [0, 0.05) is 11.3 Å². The maximum absolute atomic E-state index is 6.19. The number of imidazole rings is 1. The van der Waals surface area contributed by atoms with Crippen LogP contribution in [0.2, 0.25) is 0 Å². The largest absolute Gasteiger partial charge is 0.493 e. The monoisotopic (exact) mass is 433 g/mol. The quantitative estimate of drug-likeness (QED) is 0.355. The topological polar surface area (TPSA) is 48.3 Å². The first-order chi connectivity index (χ1) is 16.3. The first-order valence-electron chi connectivity index (χ1n) is 11.0. The number of anilines is 1. The summed E-state index contributed by atoms with van der Waals surface area (Å²) >= 11 is 0. The van der Waals surface area contributed by atoms with Crippen LogP contribution in [0.5, 0.6) is 11.5 Å². The molecule has 33 heavy (non-hydrogen) atoms. The van der Waals surface area contributed by atoms with Crippen LogP contribution in [-0.4, -0.2) is 16.7 Å². The minimum atomic E-state index is -0.132. The molecule has 1 aliphatic heterocycles. The molecule has 0 radical (unpaired) electrons. The van der Waals surface area contributed by atoms with E-state index in [1.165, 1.54) is 0 Å². The summed E-state index contributed by atoms with van der Waals surface area (Å²) in [6, 6.07) is 32.8. The van der Waals surface area contributed by atoms with E-state index < -0.39 is 0 Å². The standard InChI is InChI=1S/C28H23N3O2/c1-32-25-16-15-20(17-26(25)33-18-19-9-3-2-4-10-19)27-29-22-12-6-5-11-21(22)28-30-23-13-7-8-14-24(23)31(27)28/h2-17,27,29H,18H2,1H3/t27-/m0/s1. The second kappa shape index (κ2) is 8.02. The number of aromatic nitrogens is 2. The predicted molar refractivity (Wildman–Crippen MR) is 131 cm³/mol. The molecule has 0 fully saturated rings. The van der Waals surface area contributed by atoms with Crippen LogP contribution in [0.3, 0.4) is 0 Å². The van der Waals surface area contributed by atoms with Gasteiger partial charge in [-0.2, -0.15) is 0 Å². The van der Waals surface area contributed by atoms with E-state index in [0.717, 1.165) is 39.2 Å². The maximum atomic E-state index is 6.19. The zero-order chi connectivity index (χ0) is 22.2. The fourth-order valence-electron chi connectivity index (χ4n) is 4.46. The number of para-hydroxylation sites is 3. The van der Waals surface area contributed by atoms with Gasteiger partial charge in [0.15, 0.2) is 11.5 Å². The molecule has 5 aromatic rings. The van der Waals surface area contributed by atoms with Gasteiger partial charge >= 0.3 is 0 Å². The highest BCUT2D eigenvalue weighted by atomic mass is 16.5. The van der Waals surface area contributed by atoms with Crippen molar-refractivity contribution in [3.8, 4) is 22.9 Å². The lowest BCUT2D eigenvalue weighted by molar-refractivity contribution is 0.284. The van der Waals surface area contributed by atoms with Gasteiger partial charge in [-0.15, -0.1) is 0 Å². The highest BCUT2D eigenvalue weighted by molar-refractivity contribution is 5.86. The van der Waals surface area contributed by atoms with Crippen molar-refractivity contribution in [3.05, 3.63) is 108 Å². The number of hydrogen-bond donors (Lipinski definition) is 1. The lowest BCUT2D eigenvalue weighted by Gasteiger charge is -2.30. The Bertz CT molecular complexity index is 1440. The average Bonchev–Trinajstić information content (AvgIpc) is 3.27. The average molecular weight is 434 g/mol. The van der Waals surface area contributed by atoms with E-state index in [1.807, 2.05) is 42.5 Å². The SMILES string of the molecule is COc1ccc([C@H]2Nc3ccccc3-c3nc4ccccc4n32)cc1OCc1ccccc1. The molecule has 0 spiro atoms. The summed E-state index contributed by atoms with van der Waals surface area (Å²) < 4.78 is 14.1. The third kappa shape index (κ3) is 3.38. The van der Waals surface area contributed by atoms with Crippen LogP contribution < -0.4 is 14.8 Å². The van der Waals surface area contributed by atoms with Crippen LogP contribution >= 0.6 is 0 Å². The summed E-state index contributed by atoms with van der Waals surface area (Å²) in [5.41, 5.74) is 6.40. The Morgan fingerprint density at radius 1 is 0.848 bits per heavy atom. The zero-order valence-corrected chi connectivity index (χ0v) is 18.2. The third-order valence-corrected chi connectivity index (χ3v) is 6.05. The third-order valence-electron chi connectivity index (χ3n) is 6.05. The van der Waals surface area contributed by atoms with Crippen LogP contribution in [0.1, 0.15) is 17.3 Å². The molecule has 0 saturated heterocycles. The van der Waals surface area contributed by atoms with Crippen molar-refractivity contribution in [2.45, 2.75) is 12.8 Å². The summed E-state index contributed by atoms with van der Waals surface area (Å²) in [4.78, 5) is 4.97. The smallest absolute Gasteiger partial charge is 0.162 e. The van der Waals surface area contributed by atoms with Gasteiger partial charge in [-0.3, -0.25) is 4.57 Å². The van der Waals surface area contributed by atoms with E-state index in [2.05, 4.69) is 64.5 Å². The number of hydrogen-bond acceptors (Lipinski definition) is 4. The number of rotatable bonds is 5. The molecule has 0 bridgehead atoms. The van der Waals surface area contributed by atoms with Gasteiger partial charge in [-0.1, -0.05) is 60.7 Å². The minimum Gasteiger partial charge on any atom is -0.493 e. The number of ether oxygens (including phenoxy) is 2. The summed E-state index contributed by atoms with van der Waals surface area (Å²) in [7, 11) is 1.67. The highest BCUT2D eigenvalue weighted by Crippen LogP contribution is 2.42. The molecule has 1 aliphatic rings. The van der Waals surface area contributed by atoms with Gasteiger partial charge in [-0.25, -0.2) is 4.98 Å². The number of nitrogens with one attached hydrogen (secondary N) is 1. The molecule has 5 nitrogen and oxygen atoms in total. The van der Waals surface area contributed by atoms with Crippen molar-refractivity contribution >= 4 is 16.7 Å². The van der Waals surface area contributed by atoms with Gasteiger partial charge in [0.2, 0.25) is 0 Å². The highest BCUT2D eigenvalue weighted by Gasteiger charge is 2.28. The Labute approximate surface area is 192 Å². The molecule has 0 unspecified atom stereocenters. The Morgan fingerprint density at radius 2 is 1.64 bits per heavy atom. The molecule has 162 valence electrons. The molecule has 2 heterocycles. The Morgan fingerprint density at radius 3 is 2.52 bits per heavy atom. The molecule has 0 amide bonds. The lowest BCUT2D eigenvalue weighted by atomic mass is 10.1. The molecule has 1 aromatic heterocycles. The van der Waals surface area contributed by atoms with Crippen LogP contribution in [0.4, 0.5) is 5.69 Å². The molecule has 6 rings (SSSR count). The molecular weight excluding hydrogens is 410 g/mol. The second-order valence-corrected chi connectivity index (χ2v) is 8.07. The zero-order valence-electron chi connectivity index (χ0n) is 18.2. The van der Waals surface area contributed by atoms with E-state index in [9.17, 15) is 0 Å².